The number of carboxylic acids is 1. The van der Waals surface area contributed by atoms with Crippen molar-refractivity contribution in [1.82, 2.24) is 4.90 Å². The van der Waals surface area contributed by atoms with Crippen LogP contribution in [0.2, 0.25) is 0 Å². The number of hydrogen-bond donors (Lipinski definition) is 2. The number of nitrogens with two attached hydrogens (primary N) is 1. The molecule has 82 valence electrons. The van der Waals surface area contributed by atoms with Crippen LogP contribution in [0, 0.1) is 5.92 Å². The first-order chi connectivity index (χ1) is 6.59. The second kappa shape index (κ2) is 5.32. The molecule has 14 heavy (non-hydrogen) atoms. The van der Waals surface area contributed by atoms with Crippen LogP contribution in [-0.2, 0) is 4.79 Å². The summed E-state index contributed by atoms with van der Waals surface area (Å²) in [5, 5.41) is 8.62. The molecule has 4 nitrogen and oxygen atoms in total. The fourth-order valence-electron chi connectivity index (χ4n) is 1.93. The molecule has 4 heteroatoms. The minimum atomic E-state index is -0.893. The molecule has 2 unspecified atom stereocenters. The first kappa shape index (κ1) is 11.5. The van der Waals surface area contributed by atoms with Crippen molar-refractivity contribution in [2.45, 2.75) is 32.2 Å². The van der Waals surface area contributed by atoms with Crippen molar-refractivity contribution >= 4 is 5.97 Å². The summed E-state index contributed by atoms with van der Waals surface area (Å²) in [7, 11) is 0. The molecule has 0 radical (unpaired) electrons. The lowest BCUT2D eigenvalue weighted by Crippen LogP contribution is -2.39. The van der Waals surface area contributed by atoms with Crippen LogP contribution in [0.1, 0.15) is 26.2 Å². The topological polar surface area (TPSA) is 66.6 Å². The largest absolute Gasteiger partial charge is 0.480 e. The Morgan fingerprint density at radius 1 is 1.71 bits per heavy atom. The summed E-state index contributed by atoms with van der Waals surface area (Å²) in [5.74, 6) is -0.153. The third-order valence-electron chi connectivity index (χ3n) is 2.81. The fraction of sp³-hybridized carbons (Fsp3) is 0.900. The third kappa shape index (κ3) is 3.64. The highest BCUT2D eigenvalue weighted by Gasteiger charge is 2.18. The van der Waals surface area contributed by atoms with Crippen LogP contribution in [0.4, 0.5) is 0 Å². The molecule has 1 rings (SSSR count). The normalized spacial score (nSPS) is 26.0. The van der Waals surface area contributed by atoms with E-state index in [4.69, 9.17) is 10.8 Å². The van der Waals surface area contributed by atoms with Crippen molar-refractivity contribution in [2.24, 2.45) is 11.7 Å². The Morgan fingerprint density at radius 3 is 3.00 bits per heavy atom. The fourth-order valence-corrected chi connectivity index (χ4v) is 1.93. The molecule has 0 aromatic heterocycles. The lowest BCUT2D eigenvalue weighted by Gasteiger charge is -2.31. The molecular formula is C10H20N2O2. The quantitative estimate of drug-likeness (QED) is 0.694. The zero-order valence-corrected chi connectivity index (χ0v) is 8.78. The SMILES string of the molecule is CC1CCCN(CCC(N)C(=O)O)C1. The van der Waals surface area contributed by atoms with Gasteiger partial charge in [0.05, 0.1) is 0 Å². The summed E-state index contributed by atoms with van der Waals surface area (Å²) in [6, 6.07) is -0.702. The zero-order valence-electron chi connectivity index (χ0n) is 8.78. The summed E-state index contributed by atoms with van der Waals surface area (Å²) in [6.45, 7) is 5.24. The predicted molar refractivity (Wildman–Crippen MR) is 55.1 cm³/mol. The number of nitrogens with zero attached hydrogens (tertiary/aromatic N) is 1. The molecule has 3 N–H and O–H groups in total. The van der Waals surface area contributed by atoms with Gasteiger partial charge in [0.25, 0.3) is 0 Å². The van der Waals surface area contributed by atoms with Crippen LogP contribution in [0.25, 0.3) is 0 Å². The van der Waals surface area contributed by atoms with Gasteiger partial charge >= 0.3 is 5.97 Å². The van der Waals surface area contributed by atoms with E-state index in [0.29, 0.717) is 6.42 Å². The van der Waals surface area contributed by atoms with E-state index in [9.17, 15) is 4.79 Å². The second-order valence-corrected chi connectivity index (χ2v) is 4.28. The van der Waals surface area contributed by atoms with Crippen molar-refractivity contribution in [2.75, 3.05) is 19.6 Å². The van der Waals surface area contributed by atoms with Gasteiger partial charge in [-0.2, -0.15) is 0 Å². The summed E-state index contributed by atoms with van der Waals surface area (Å²) in [5.41, 5.74) is 5.44. The summed E-state index contributed by atoms with van der Waals surface area (Å²) in [4.78, 5) is 12.8. The van der Waals surface area contributed by atoms with E-state index < -0.39 is 12.0 Å². The molecule has 1 aliphatic rings. The number of piperidine rings is 1. The number of carboxylic acid groups (broad SMARTS) is 1. The molecule has 0 saturated carbocycles. The molecular weight excluding hydrogens is 180 g/mol. The van der Waals surface area contributed by atoms with E-state index in [0.717, 1.165) is 25.6 Å². The van der Waals surface area contributed by atoms with E-state index >= 15 is 0 Å². The Hall–Kier alpha value is -0.610. The van der Waals surface area contributed by atoms with Gasteiger partial charge < -0.3 is 15.7 Å². The van der Waals surface area contributed by atoms with E-state index in [1.807, 2.05) is 0 Å². The first-order valence-electron chi connectivity index (χ1n) is 5.30. The van der Waals surface area contributed by atoms with Gasteiger partial charge in [-0.3, -0.25) is 4.79 Å². The van der Waals surface area contributed by atoms with Crippen LogP contribution in [0.5, 0.6) is 0 Å². The Balaban J connectivity index is 2.20. The molecule has 2 atom stereocenters. The van der Waals surface area contributed by atoms with Crippen LogP contribution < -0.4 is 5.73 Å². The number of hydrogen-bond acceptors (Lipinski definition) is 3. The molecule has 0 aliphatic carbocycles. The average Bonchev–Trinajstić information content (AvgIpc) is 2.14. The molecule has 1 fully saturated rings. The van der Waals surface area contributed by atoms with Gasteiger partial charge in [0, 0.05) is 13.1 Å². The van der Waals surface area contributed by atoms with Crippen LogP contribution >= 0.6 is 0 Å². The van der Waals surface area contributed by atoms with Crippen molar-refractivity contribution in [3.63, 3.8) is 0 Å². The number of carbonyl (C=O) groups is 1. The number of aliphatic carboxylic acids is 1. The van der Waals surface area contributed by atoms with Crippen molar-refractivity contribution in [3.8, 4) is 0 Å². The zero-order chi connectivity index (χ0) is 10.6. The van der Waals surface area contributed by atoms with Gasteiger partial charge in [0.15, 0.2) is 0 Å². The molecule has 1 saturated heterocycles. The monoisotopic (exact) mass is 200 g/mol. The van der Waals surface area contributed by atoms with E-state index in [-0.39, 0.29) is 0 Å². The van der Waals surface area contributed by atoms with Crippen molar-refractivity contribution < 1.29 is 9.90 Å². The summed E-state index contributed by atoms with van der Waals surface area (Å²) >= 11 is 0. The molecule has 0 aromatic rings. The van der Waals surface area contributed by atoms with E-state index in [1.165, 1.54) is 12.8 Å². The van der Waals surface area contributed by atoms with Gasteiger partial charge in [-0.15, -0.1) is 0 Å². The highest BCUT2D eigenvalue weighted by Crippen LogP contribution is 2.15. The number of rotatable bonds is 4. The highest BCUT2D eigenvalue weighted by molar-refractivity contribution is 5.72. The standard InChI is InChI=1S/C10H20N2O2/c1-8-3-2-5-12(7-8)6-4-9(11)10(13)14/h8-9H,2-7,11H2,1H3,(H,13,14). The lowest BCUT2D eigenvalue weighted by atomic mass is 10.00. The minimum absolute atomic E-state index is 0.558. The van der Waals surface area contributed by atoms with Gasteiger partial charge in [-0.05, 0) is 31.7 Å². The van der Waals surface area contributed by atoms with E-state index in [1.54, 1.807) is 0 Å². The first-order valence-corrected chi connectivity index (χ1v) is 5.30. The predicted octanol–water partition coefficient (Wildman–Crippen LogP) is 0.520. The molecule has 0 spiro atoms. The molecule has 0 bridgehead atoms. The number of likely N-dealkylation sites (tertiary alicyclic amines) is 1. The molecule has 1 heterocycles. The Labute approximate surface area is 85.1 Å². The van der Waals surface area contributed by atoms with Gasteiger partial charge in [-0.25, -0.2) is 0 Å². The molecule has 1 aliphatic heterocycles. The average molecular weight is 200 g/mol. The second-order valence-electron chi connectivity index (χ2n) is 4.28. The third-order valence-corrected chi connectivity index (χ3v) is 2.81. The van der Waals surface area contributed by atoms with Gasteiger partial charge in [0.1, 0.15) is 6.04 Å². The van der Waals surface area contributed by atoms with Crippen molar-refractivity contribution in [1.29, 1.82) is 0 Å². The minimum Gasteiger partial charge on any atom is -0.480 e. The van der Waals surface area contributed by atoms with Crippen LogP contribution in [0.15, 0.2) is 0 Å². The van der Waals surface area contributed by atoms with Crippen LogP contribution in [-0.4, -0.2) is 41.7 Å². The van der Waals surface area contributed by atoms with Gasteiger partial charge in [-0.1, -0.05) is 6.92 Å². The Kier molecular flexibility index (Phi) is 4.35. The molecule has 0 amide bonds. The smallest absolute Gasteiger partial charge is 0.320 e. The van der Waals surface area contributed by atoms with Crippen molar-refractivity contribution in [3.05, 3.63) is 0 Å². The Morgan fingerprint density at radius 2 is 2.43 bits per heavy atom. The van der Waals surface area contributed by atoms with Gasteiger partial charge in [0.2, 0.25) is 0 Å². The highest BCUT2D eigenvalue weighted by atomic mass is 16.4. The van der Waals surface area contributed by atoms with Crippen LogP contribution in [0.3, 0.4) is 0 Å². The van der Waals surface area contributed by atoms with E-state index in [2.05, 4.69) is 11.8 Å². The Bertz CT molecular complexity index is 197. The summed E-state index contributed by atoms with van der Waals surface area (Å²) < 4.78 is 0. The maximum atomic E-state index is 10.5. The molecule has 0 aromatic carbocycles. The summed E-state index contributed by atoms with van der Waals surface area (Å²) in [6.07, 6.45) is 3.08. The maximum absolute atomic E-state index is 10.5. The lowest BCUT2D eigenvalue weighted by molar-refractivity contribution is -0.138. The maximum Gasteiger partial charge on any atom is 0.320 e.